The number of anilines is 1. The van der Waals surface area contributed by atoms with Gasteiger partial charge in [-0.15, -0.1) is 0 Å². The summed E-state index contributed by atoms with van der Waals surface area (Å²) in [5.41, 5.74) is -0.868. The minimum Gasteiger partial charge on any atom is -0.508 e. The van der Waals surface area contributed by atoms with Gasteiger partial charge in [0.1, 0.15) is 29.1 Å². The molecule has 0 aliphatic carbocycles. The molecule has 4 nitrogen and oxygen atoms in total. The van der Waals surface area contributed by atoms with Gasteiger partial charge in [0.15, 0.2) is 11.6 Å². The van der Waals surface area contributed by atoms with Gasteiger partial charge in [0.2, 0.25) is 0 Å². The molecule has 1 rings (SSSR count). The topological polar surface area (TPSA) is 79.8 Å². The van der Waals surface area contributed by atoms with Crippen LogP contribution in [0.1, 0.15) is 0 Å². The zero-order valence-corrected chi connectivity index (χ0v) is 7.83. The number of rotatable bonds is 2. The number of benzene rings is 1. The van der Waals surface area contributed by atoms with Gasteiger partial charge >= 0.3 is 0 Å². The van der Waals surface area contributed by atoms with Gasteiger partial charge in [-0.1, -0.05) is 0 Å². The Kier molecular flexibility index (Phi) is 3.41. The van der Waals surface area contributed by atoms with Gasteiger partial charge < -0.3 is 10.4 Å². The molecule has 2 N–H and O–H groups in total. The Morgan fingerprint density at radius 3 is 2.19 bits per heavy atom. The second-order valence-corrected chi connectivity index (χ2v) is 2.71. The van der Waals surface area contributed by atoms with Crippen LogP contribution in [-0.2, 0) is 0 Å². The van der Waals surface area contributed by atoms with Crippen molar-refractivity contribution >= 4 is 5.69 Å². The third kappa shape index (κ3) is 2.46. The van der Waals surface area contributed by atoms with E-state index in [0.29, 0.717) is 12.1 Å². The second-order valence-electron chi connectivity index (χ2n) is 2.71. The van der Waals surface area contributed by atoms with Crippen molar-refractivity contribution in [1.82, 2.24) is 0 Å². The summed E-state index contributed by atoms with van der Waals surface area (Å²) in [6, 6.07) is 4.44. The molecule has 0 unspecified atom stereocenters. The molecule has 0 aliphatic heterocycles. The zero-order chi connectivity index (χ0) is 12.1. The second kappa shape index (κ2) is 4.76. The SMILES string of the molecule is N#CC(C#N)=CNc1c(F)cc(O)cc1F. The van der Waals surface area contributed by atoms with Crippen LogP contribution in [0.2, 0.25) is 0 Å². The first-order chi connectivity index (χ1) is 7.58. The van der Waals surface area contributed by atoms with Crippen LogP contribution >= 0.6 is 0 Å². The quantitative estimate of drug-likeness (QED) is 0.591. The van der Waals surface area contributed by atoms with Crippen molar-refractivity contribution in [3.8, 4) is 17.9 Å². The van der Waals surface area contributed by atoms with Crippen molar-refractivity contribution in [2.75, 3.05) is 5.32 Å². The lowest BCUT2D eigenvalue weighted by molar-refractivity contribution is 0.461. The van der Waals surface area contributed by atoms with Gasteiger partial charge in [-0.3, -0.25) is 0 Å². The zero-order valence-electron chi connectivity index (χ0n) is 7.83. The molecule has 6 heteroatoms. The molecule has 16 heavy (non-hydrogen) atoms. The van der Waals surface area contributed by atoms with E-state index in [2.05, 4.69) is 5.32 Å². The maximum Gasteiger partial charge on any atom is 0.153 e. The molecule has 0 amide bonds. The largest absolute Gasteiger partial charge is 0.508 e. The molecule has 0 saturated carbocycles. The average molecular weight is 221 g/mol. The first-order valence-corrected chi connectivity index (χ1v) is 4.03. The Labute approximate surface area is 89.7 Å². The molecule has 0 bridgehead atoms. The number of phenols is 1. The van der Waals surface area contributed by atoms with E-state index in [-0.39, 0.29) is 5.57 Å². The molecule has 80 valence electrons. The summed E-state index contributed by atoms with van der Waals surface area (Å²) in [4.78, 5) is 0. The predicted octanol–water partition coefficient (Wildman–Crippen LogP) is 2.01. The van der Waals surface area contributed by atoms with Crippen molar-refractivity contribution in [2.24, 2.45) is 0 Å². The van der Waals surface area contributed by atoms with E-state index in [1.54, 1.807) is 0 Å². The number of phenolic OH excluding ortho intramolecular Hbond substituents is 1. The summed E-state index contributed by atoms with van der Waals surface area (Å²) >= 11 is 0. The highest BCUT2D eigenvalue weighted by Crippen LogP contribution is 2.24. The maximum atomic E-state index is 13.1. The van der Waals surface area contributed by atoms with Crippen molar-refractivity contribution in [3.05, 3.63) is 35.5 Å². The van der Waals surface area contributed by atoms with Gasteiger partial charge in [0, 0.05) is 18.3 Å². The lowest BCUT2D eigenvalue weighted by atomic mass is 10.2. The van der Waals surface area contributed by atoms with Crippen LogP contribution in [0.4, 0.5) is 14.5 Å². The van der Waals surface area contributed by atoms with Crippen molar-refractivity contribution in [1.29, 1.82) is 10.5 Å². The molecule has 1 aromatic rings. The molecule has 0 atom stereocenters. The Morgan fingerprint density at radius 1 is 1.25 bits per heavy atom. The van der Waals surface area contributed by atoms with Crippen molar-refractivity contribution in [2.45, 2.75) is 0 Å². The van der Waals surface area contributed by atoms with Crippen LogP contribution in [0.15, 0.2) is 23.9 Å². The molecular weight excluding hydrogens is 216 g/mol. The Hall–Kier alpha value is -2.60. The fourth-order valence-corrected chi connectivity index (χ4v) is 0.932. The van der Waals surface area contributed by atoms with Gasteiger partial charge in [0.05, 0.1) is 0 Å². The standard InChI is InChI=1S/C10H5F2N3O/c11-8-1-7(16)2-9(12)10(8)15-5-6(3-13)4-14/h1-2,5,15-16H. The highest BCUT2D eigenvalue weighted by Gasteiger charge is 2.09. The summed E-state index contributed by atoms with van der Waals surface area (Å²) in [7, 11) is 0. The summed E-state index contributed by atoms with van der Waals surface area (Å²) in [5.74, 6) is -2.60. The lowest BCUT2D eigenvalue weighted by Gasteiger charge is -2.04. The molecular formula is C10H5F2N3O. The van der Waals surface area contributed by atoms with E-state index in [1.165, 1.54) is 12.1 Å². The van der Waals surface area contributed by atoms with Crippen molar-refractivity contribution in [3.63, 3.8) is 0 Å². The third-order valence-corrected chi connectivity index (χ3v) is 1.63. The van der Waals surface area contributed by atoms with Crippen LogP contribution in [0.3, 0.4) is 0 Å². The molecule has 0 fully saturated rings. The first-order valence-electron chi connectivity index (χ1n) is 4.03. The molecule has 1 aromatic carbocycles. The predicted molar refractivity (Wildman–Crippen MR) is 51.0 cm³/mol. The Morgan fingerprint density at radius 2 is 1.75 bits per heavy atom. The van der Waals surface area contributed by atoms with Crippen LogP contribution in [0.25, 0.3) is 0 Å². The van der Waals surface area contributed by atoms with E-state index in [1.807, 2.05) is 0 Å². The van der Waals surface area contributed by atoms with E-state index < -0.39 is 23.1 Å². The van der Waals surface area contributed by atoms with Gasteiger partial charge in [-0.25, -0.2) is 8.78 Å². The average Bonchev–Trinajstić information content (AvgIpc) is 2.22. The van der Waals surface area contributed by atoms with E-state index in [0.717, 1.165) is 6.20 Å². The van der Waals surface area contributed by atoms with Gasteiger partial charge in [0.25, 0.3) is 0 Å². The lowest BCUT2D eigenvalue weighted by Crippen LogP contribution is -1.97. The summed E-state index contributed by atoms with van der Waals surface area (Å²) in [6.07, 6.45) is 0.874. The van der Waals surface area contributed by atoms with Crippen LogP contribution < -0.4 is 5.32 Å². The number of nitrogens with zero attached hydrogens (tertiary/aromatic N) is 2. The van der Waals surface area contributed by atoms with E-state index >= 15 is 0 Å². The van der Waals surface area contributed by atoms with Crippen molar-refractivity contribution < 1.29 is 13.9 Å². The van der Waals surface area contributed by atoms with Gasteiger partial charge in [-0.05, 0) is 0 Å². The van der Waals surface area contributed by atoms with Crippen LogP contribution in [0, 0.1) is 34.3 Å². The smallest absolute Gasteiger partial charge is 0.153 e. The fraction of sp³-hybridized carbons (Fsp3) is 0. The fourth-order valence-electron chi connectivity index (χ4n) is 0.932. The number of allylic oxidation sites excluding steroid dienone is 1. The van der Waals surface area contributed by atoms with Crippen LogP contribution in [0.5, 0.6) is 5.75 Å². The molecule has 0 radical (unpaired) electrons. The summed E-state index contributed by atoms with van der Waals surface area (Å²) in [5, 5.41) is 27.8. The highest BCUT2D eigenvalue weighted by molar-refractivity contribution is 5.53. The molecule has 0 heterocycles. The number of halogens is 2. The minimum absolute atomic E-state index is 0.327. The summed E-state index contributed by atoms with van der Waals surface area (Å²) < 4.78 is 26.2. The third-order valence-electron chi connectivity index (χ3n) is 1.63. The molecule has 0 aromatic heterocycles. The highest BCUT2D eigenvalue weighted by atomic mass is 19.1. The maximum absolute atomic E-state index is 13.1. The Bertz CT molecular complexity index is 487. The normalized spacial score (nSPS) is 8.75. The minimum atomic E-state index is -1.02. The molecule has 0 saturated heterocycles. The van der Waals surface area contributed by atoms with Crippen LogP contribution in [-0.4, -0.2) is 5.11 Å². The summed E-state index contributed by atoms with van der Waals surface area (Å²) in [6.45, 7) is 0. The van der Waals surface area contributed by atoms with E-state index in [9.17, 15) is 8.78 Å². The number of nitriles is 2. The number of aromatic hydroxyl groups is 1. The number of hydrogen-bond acceptors (Lipinski definition) is 4. The molecule has 0 aliphatic rings. The number of nitrogens with one attached hydrogen (secondary N) is 1. The first kappa shape index (κ1) is 11.5. The van der Waals surface area contributed by atoms with Gasteiger partial charge in [-0.2, -0.15) is 10.5 Å². The Balaban J connectivity index is 3.05. The number of hydrogen-bond donors (Lipinski definition) is 2. The monoisotopic (exact) mass is 221 g/mol. The molecule has 0 spiro atoms. The van der Waals surface area contributed by atoms with E-state index in [4.69, 9.17) is 15.6 Å².